The maximum Gasteiger partial charge on any atom is 0.321 e. The van der Waals surface area contributed by atoms with Gasteiger partial charge in [0.1, 0.15) is 5.69 Å². The summed E-state index contributed by atoms with van der Waals surface area (Å²) in [6.07, 6.45) is 1.22. The molecule has 0 saturated carbocycles. The monoisotopic (exact) mass is 458 g/mol. The van der Waals surface area contributed by atoms with Crippen LogP contribution in [0.1, 0.15) is 47.8 Å². The normalized spacial score (nSPS) is 15.5. The Labute approximate surface area is 197 Å². The van der Waals surface area contributed by atoms with Crippen LogP contribution < -0.4 is 5.56 Å². The highest BCUT2D eigenvalue weighted by Crippen LogP contribution is 2.32. The van der Waals surface area contributed by atoms with Crippen molar-refractivity contribution in [3.63, 3.8) is 0 Å². The SMILES string of the molecule is CC(C)N1C(=O)N(Cc2nc[nH]c(=O)c2O)CC1c1ccc(C#Cc2ccc(CO)cc2)cc1. The van der Waals surface area contributed by atoms with Crippen molar-refractivity contribution in [2.45, 2.75) is 39.1 Å². The highest BCUT2D eigenvalue weighted by molar-refractivity contribution is 5.78. The van der Waals surface area contributed by atoms with Crippen molar-refractivity contribution in [3.8, 4) is 17.6 Å². The van der Waals surface area contributed by atoms with Crippen molar-refractivity contribution in [3.05, 3.63) is 93.2 Å². The fourth-order valence-electron chi connectivity index (χ4n) is 4.00. The fourth-order valence-corrected chi connectivity index (χ4v) is 4.00. The fraction of sp³-hybridized carbons (Fsp3) is 0.269. The molecule has 3 N–H and O–H groups in total. The van der Waals surface area contributed by atoms with Crippen molar-refractivity contribution < 1.29 is 15.0 Å². The molecule has 34 heavy (non-hydrogen) atoms. The van der Waals surface area contributed by atoms with Crippen LogP contribution in [-0.2, 0) is 13.2 Å². The summed E-state index contributed by atoms with van der Waals surface area (Å²) < 4.78 is 0. The zero-order chi connectivity index (χ0) is 24.2. The van der Waals surface area contributed by atoms with Gasteiger partial charge in [0.05, 0.1) is 25.5 Å². The number of nitrogens with one attached hydrogen (secondary N) is 1. The van der Waals surface area contributed by atoms with Crippen molar-refractivity contribution >= 4 is 6.03 Å². The first-order valence-electron chi connectivity index (χ1n) is 11.0. The number of hydrogen-bond acceptors (Lipinski definition) is 5. The molecule has 1 aliphatic rings. The van der Waals surface area contributed by atoms with Crippen LogP contribution in [0, 0.1) is 11.8 Å². The molecule has 1 saturated heterocycles. The molecular weight excluding hydrogens is 432 g/mol. The van der Waals surface area contributed by atoms with Crippen LogP contribution in [0.2, 0.25) is 0 Å². The molecule has 1 aliphatic heterocycles. The van der Waals surface area contributed by atoms with Gasteiger partial charge in [-0.2, -0.15) is 0 Å². The second kappa shape index (κ2) is 9.81. The summed E-state index contributed by atoms with van der Waals surface area (Å²) in [5.41, 5.74) is 3.07. The summed E-state index contributed by atoms with van der Waals surface area (Å²) in [7, 11) is 0. The lowest BCUT2D eigenvalue weighted by atomic mass is 10.0. The molecule has 1 atom stereocenters. The molecule has 3 aromatic rings. The lowest BCUT2D eigenvalue weighted by Gasteiger charge is -2.27. The zero-order valence-corrected chi connectivity index (χ0v) is 19.0. The third-order valence-electron chi connectivity index (χ3n) is 5.81. The summed E-state index contributed by atoms with van der Waals surface area (Å²) in [6, 6.07) is 14.9. The van der Waals surface area contributed by atoms with Gasteiger partial charge in [0.25, 0.3) is 5.56 Å². The van der Waals surface area contributed by atoms with Crippen molar-refractivity contribution in [1.29, 1.82) is 0 Å². The minimum Gasteiger partial charge on any atom is -0.502 e. The van der Waals surface area contributed by atoms with E-state index in [1.807, 2.05) is 62.4 Å². The summed E-state index contributed by atoms with van der Waals surface area (Å²) >= 11 is 0. The molecule has 2 amide bonds. The van der Waals surface area contributed by atoms with Gasteiger partial charge in [-0.3, -0.25) is 4.79 Å². The van der Waals surface area contributed by atoms with E-state index >= 15 is 0 Å². The topological polar surface area (TPSA) is 110 Å². The third-order valence-corrected chi connectivity index (χ3v) is 5.81. The Morgan fingerprint density at radius 1 is 1.06 bits per heavy atom. The number of benzene rings is 2. The smallest absolute Gasteiger partial charge is 0.321 e. The van der Waals surface area contributed by atoms with Crippen LogP contribution in [0.4, 0.5) is 4.79 Å². The quantitative estimate of drug-likeness (QED) is 0.510. The van der Waals surface area contributed by atoms with Crippen LogP contribution in [0.15, 0.2) is 59.7 Å². The molecule has 8 nitrogen and oxygen atoms in total. The van der Waals surface area contributed by atoms with Gasteiger partial charge in [-0.1, -0.05) is 36.1 Å². The highest BCUT2D eigenvalue weighted by atomic mass is 16.3. The Kier molecular flexibility index (Phi) is 6.66. The number of amides is 2. The number of aromatic hydroxyl groups is 1. The van der Waals surface area contributed by atoms with E-state index in [9.17, 15) is 14.7 Å². The minimum absolute atomic E-state index is 0.00493. The van der Waals surface area contributed by atoms with E-state index in [-0.39, 0.29) is 37.0 Å². The first-order valence-corrected chi connectivity index (χ1v) is 11.0. The van der Waals surface area contributed by atoms with Crippen LogP contribution in [0.25, 0.3) is 0 Å². The number of urea groups is 1. The van der Waals surface area contributed by atoms with Crippen molar-refractivity contribution in [2.75, 3.05) is 6.54 Å². The Morgan fingerprint density at radius 3 is 2.26 bits per heavy atom. The van der Waals surface area contributed by atoms with E-state index in [0.717, 1.165) is 22.3 Å². The zero-order valence-electron chi connectivity index (χ0n) is 19.0. The van der Waals surface area contributed by atoms with E-state index in [2.05, 4.69) is 21.8 Å². The Bertz CT molecular complexity index is 1290. The van der Waals surface area contributed by atoms with E-state index in [4.69, 9.17) is 5.11 Å². The molecule has 0 radical (unpaired) electrons. The number of aromatic amines is 1. The van der Waals surface area contributed by atoms with Gasteiger partial charge in [0.2, 0.25) is 5.75 Å². The number of aliphatic hydroxyl groups is 1. The number of aliphatic hydroxyl groups excluding tert-OH is 1. The number of rotatable bonds is 5. The summed E-state index contributed by atoms with van der Waals surface area (Å²) in [4.78, 5) is 34.5. The van der Waals surface area contributed by atoms with Crippen LogP contribution in [0.3, 0.4) is 0 Å². The second-order valence-electron chi connectivity index (χ2n) is 8.43. The Hall–Kier alpha value is -4.09. The summed E-state index contributed by atoms with van der Waals surface area (Å²) in [5, 5.41) is 19.2. The molecule has 174 valence electrons. The van der Waals surface area contributed by atoms with Gasteiger partial charge in [-0.25, -0.2) is 9.78 Å². The molecule has 4 rings (SSSR count). The van der Waals surface area contributed by atoms with Crippen LogP contribution in [0.5, 0.6) is 5.75 Å². The summed E-state index contributed by atoms with van der Waals surface area (Å²) in [6.45, 7) is 4.38. The maximum atomic E-state index is 13.1. The summed E-state index contributed by atoms with van der Waals surface area (Å²) in [5.74, 6) is 5.79. The van der Waals surface area contributed by atoms with E-state index in [1.165, 1.54) is 6.33 Å². The predicted molar refractivity (Wildman–Crippen MR) is 127 cm³/mol. The molecule has 2 heterocycles. The van der Waals surface area contributed by atoms with E-state index < -0.39 is 11.3 Å². The Balaban J connectivity index is 1.53. The molecule has 0 spiro atoms. The van der Waals surface area contributed by atoms with Gasteiger partial charge >= 0.3 is 6.03 Å². The average Bonchev–Trinajstić information content (AvgIpc) is 3.17. The molecule has 2 aromatic carbocycles. The molecule has 8 heteroatoms. The van der Waals surface area contributed by atoms with Gasteiger partial charge in [-0.05, 0) is 49.2 Å². The number of carbonyl (C=O) groups is 1. The number of aromatic nitrogens is 2. The molecular formula is C26H26N4O4. The largest absolute Gasteiger partial charge is 0.502 e. The molecule has 1 unspecified atom stereocenters. The molecule has 0 bridgehead atoms. The van der Waals surface area contributed by atoms with Crippen molar-refractivity contribution in [2.24, 2.45) is 0 Å². The molecule has 1 fully saturated rings. The third kappa shape index (κ3) is 4.80. The average molecular weight is 459 g/mol. The van der Waals surface area contributed by atoms with Crippen molar-refractivity contribution in [1.82, 2.24) is 19.8 Å². The second-order valence-corrected chi connectivity index (χ2v) is 8.43. The van der Waals surface area contributed by atoms with Crippen LogP contribution in [-0.4, -0.2) is 48.6 Å². The predicted octanol–water partition coefficient (Wildman–Crippen LogP) is 2.75. The lowest BCUT2D eigenvalue weighted by Crippen LogP contribution is -2.37. The van der Waals surface area contributed by atoms with Crippen LogP contribution >= 0.6 is 0 Å². The number of hydrogen-bond donors (Lipinski definition) is 3. The van der Waals surface area contributed by atoms with Gasteiger partial charge in [0.15, 0.2) is 0 Å². The van der Waals surface area contributed by atoms with Gasteiger partial charge in [0, 0.05) is 23.7 Å². The van der Waals surface area contributed by atoms with Gasteiger partial charge in [-0.15, -0.1) is 0 Å². The standard InChI is InChI=1S/C26H26N4O4/c1-17(2)30-23(14-29(26(30)34)13-22-24(32)25(33)28-16-27-22)21-11-9-19(10-12-21)4-3-18-5-7-20(15-31)8-6-18/h5-12,16-17,23,31-32H,13-15H2,1-2H3,(H,27,28,33). The number of H-pyrrole nitrogens is 1. The van der Waals surface area contributed by atoms with E-state index in [1.54, 1.807) is 9.80 Å². The lowest BCUT2D eigenvalue weighted by molar-refractivity contribution is 0.171. The van der Waals surface area contributed by atoms with E-state index in [0.29, 0.717) is 6.54 Å². The first kappa shape index (κ1) is 23.1. The first-order chi connectivity index (χ1) is 16.4. The maximum absolute atomic E-state index is 13.1. The Morgan fingerprint density at radius 2 is 1.68 bits per heavy atom. The molecule has 1 aromatic heterocycles. The van der Waals surface area contributed by atoms with Gasteiger partial charge < -0.3 is 25.0 Å². The highest BCUT2D eigenvalue weighted by Gasteiger charge is 2.39. The number of nitrogens with zero attached hydrogens (tertiary/aromatic N) is 3. The minimum atomic E-state index is -0.630. The molecule has 0 aliphatic carbocycles. The number of carbonyl (C=O) groups excluding carboxylic acids is 1.